The van der Waals surface area contributed by atoms with Crippen molar-refractivity contribution in [3.05, 3.63) is 168 Å². The maximum Gasteiger partial charge on any atom is 0.143 e. The fourth-order valence-electron chi connectivity index (χ4n) is 7.72. The molecule has 0 radical (unpaired) electrons. The van der Waals surface area contributed by atoms with Gasteiger partial charge in [0.05, 0.1) is 0 Å². The van der Waals surface area contributed by atoms with Crippen LogP contribution in [-0.2, 0) is 0 Å². The van der Waals surface area contributed by atoms with Gasteiger partial charge in [0.1, 0.15) is 40.5 Å². The van der Waals surface area contributed by atoms with Crippen LogP contribution in [0.4, 0.5) is 0 Å². The maximum absolute atomic E-state index is 6.68. The van der Waals surface area contributed by atoms with Crippen molar-refractivity contribution in [1.29, 1.82) is 0 Å². The zero-order valence-electron chi connectivity index (χ0n) is 27.3. The summed E-state index contributed by atoms with van der Waals surface area (Å²) in [4.78, 5) is 5.30. The number of hydrogen-bond donors (Lipinski definition) is 2. The summed E-state index contributed by atoms with van der Waals surface area (Å²) in [7, 11) is 0. The molecule has 2 N–H and O–H groups in total. The van der Waals surface area contributed by atoms with E-state index in [2.05, 4.69) is 144 Å². The molecule has 4 heterocycles. The second-order valence-corrected chi connectivity index (χ2v) is 14.2. The lowest BCUT2D eigenvalue weighted by Gasteiger charge is -2.32. The summed E-state index contributed by atoms with van der Waals surface area (Å²) in [6, 6.07) is 53.2. The Kier molecular flexibility index (Phi) is 6.26. The molecule has 2 unspecified atom stereocenters. The number of amidine groups is 1. The molecule has 7 aromatic carbocycles. The van der Waals surface area contributed by atoms with Crippen LogP contribution < -0.4 is 10.6 Å². The predicted octanol–water partition coefficient (Wildman–Crippen LogP) is 11.9. The SMILES string of the molecule is c1ccc(C2NC(c3ccc4oc5c(-c6cccc7c6sc6ccccc67)cccc5c4c3)=NC(c3ccc4oc5ccccc5c4c3)N2)cc1. The second-order valence-electron chi connectivity index (χ2n) is 13.2. The first kappa shape index (κ1) is 28.6. The molecule has 51 heavy (non-hydrogen) atoms. The number of nitrogens with one attached hydrogen (secondary N) is 2. The minimum absolute atomic E-state index is 0.148. The Morgan fingerprint density at radius 3 is 2.14 bits per heavy atom. The van der Waals surface area contributed by atoms with Crippen LogP contribution in [0.15, 0.2) is 165 Å². The third-order valence-corrected chi connectivity index (χ3v) is 11.4. The van der Waals surface area contributed by atoms with Crippen molar-refractivity contribution < 1.29 is 8.83 Å². The van der Waals surface area contributed by atoms with E-state index < -0.39 is 0 Å². The third-order valence-electron chi connectivity index (χ3n) is 10.2. The number of aliphatic imine (C=N–C) groups is 1. The second kappa shape index (κ2) is 11.2. The van der Waals surface area contributed by atoms with E-state index in [1.807, 2.05) is 29.5 Å². The van der Waals surface area contributed by atoms with Gasteiger partial charge in [-0.1, -0.05) is 109 Å². The Balaban J connectivity index is 1.05. The van der Waals surface area contributed by atoms with Gasteiger partial charge in [-0.15, -0.1) is 11.3 Å². The van der Waals surface area contributed by atoms with Crippen molar-refractivity contribution in [3.8, 4) is 11.1 Å². The summed E-state index contributed by atoms with van der Waals surface area (Å²) in [5.74, 6) is 0.826. The lowest BCUT2D eigenvalue weighted by atomic mass is 9.99. The van der Waals surface area contributed by atoms with Gasteiger partial charge >= 0.3 is 0 Å². The smallest absolute Gasteiger partial charge is 0.143 e. The fourth-order valence-corrected chi connectivity index (χ4v) is 8.95. The van der Waals surface area contributed by atoms with Crippen molar-refractivity contribution >= 4 is 81.2 Å². The third kappa shape index (κ3) is 4.54. The monoisotopic (exact) mass is 675 g/mol. The van der Waals surface area contributed by atoms with Crippen LogP contribution in [0.1, 0.15) is 29.0 Å². The van der Waals surface area contributed by atoms with Crippen LogP contribution in [0.5, 0.6) is 0 Å². The van der Waals surface area contributed by atoms with E-state index >= 15 is 0 Å². The van der Waals surface area contributed by atoms with Crippen LogP contribution in [0.25, 0.3) is 75.2 Å². The molecule has 10 aromatic rings. The Morgan fingerprint density at radius 2 is 1.22 bits per heavy atom. The topological polar surface area (TPSA) is 62.7 Å². The van der Waals surface area contributed by atoms with Crippen LogP contribution >= 0.6 is 11.3 Å². The van der Waals surface area contributed by atoms with Gasteiger partial charge in [0.2, 0.25) is 0 Å². The molecule has 1 aliphatic heterocycles. The summed E-state index contributed by atoms with van der Waals surface area (Å²) in [5, 5.41) is 14.4. The number of benzene rings is 7. The molecule has 242 valence electrons. The molecule has 0 bridgehead atoms. The summed E-state index contributed by atoms with van der Waals surface area (Å²) in [5.41, 5.74) is 9.03. The molecule has 0 saturated carbocycles. The molecule has 0 saturated heterocycles. The quantitative estimate of drug-likeness (QED) is 0.195. The van der Waals surface area contributed by atoms with E-state index in [9.17, 15) is 0 Å². The summed E-state index contributed by atoms with van der Waals surface area (Å²) in [6.45, 7) is 0. The van der Waals surface area contributed by atoms with Gasteiger partial charge in [0.25, 0.3) is 0 Å². The molecule has 2 atom stereocenters. The van der Waals surface area contributed by atoms with Crippen molar-refractivity contribution in [2.24, 2.45) is 4.99 Å². The predicted molar refractivity (Wildman–Crippen MR) is 210 cm³/mol. The molecule has 0 amide bonds. The highest BCUT2D eigenvalue weighted by atomic mass is 32.1. The lowest BCUT2D eigenvalue weighted by Crippen LogP contribution is -2.44. The summed E-state index contributed by atoms with van der Waals surface area (Å²) in [6.07, 6.45) is -0.430. The zero-order valence-corrected chi connectivity index (χ0v) is 28.1. The van der Waals surface area contributed by atoms with Crippen molar-refractivity contribution in [3.63, 3.8) is 0 Å². The van der Waals surface area contributed by atoms with Gasteiger partial charge in [0.15, 0.2) is 0 Å². The van der Waals surface area contributed by atoms with E-state index in [-0.39, 0.29) is 12.3 Å². The molecular weight excluding hydrogens is 647 g/mol. The average molecular weight is 676 g/mol. The van der Waals surface area contributed by atoms with E-state index in [0.29, 0.717) is 0 Å². The van der Waals surface area contributed by atoms with E-state index in [1.54, 1.807) is 0 Å². The fraction of sp³-hybridized carbons (Fsp3) is 0.0444. The Morgan fingerprint density at radius 1 is 0.510 bits per heavy atom. The minimum Gasteiger partial charge on any atom is -0.456 e. The number of thiophene rings is 1. The van der Waals surface area contributed by atoms with Gasteiger partial charge in [-0.2, -0.15) is 0 Å². The van der Waals surface area contributed by atoms with Gasteiger partial charge in [-0.3, -0.25) is 5.32 Å². The van der Waals surface area contributed by atoms with Crippen LogP contribution in [0.2, 0.25) is 0 Å². The van der Waals surface area contributed by atoms with Gasteiger partial charge < -0.3 is 14.2 Å². The summed E-state index contributed by atoms with van der Waals surface area (Å²) >= 11 is 1.84. The molecule has 1 aliphatic rings. The van der Waals surface area contributed by atoms with E-state index in [1.165, 1.54) is 25.7 Å². The first-order chi connectivity index (χ1) is 25.2. The van der Waals surface area contributed by atoms with Gasteiger partial charge in [-0.25, -0.2) is 4.99 Å². The van der Waals surface area contributed by atoms with Crippen LogP contribution in [0.3, 0.4) is 0 Å². The number of rotatable bonds is 4. The molecule has 6 heteroatoms. The number of hydrogen-bond acceptors (Lipinski definition) is 6. The number of para-hydroxylation sites is 2. The van der Waals surface area contributed by atoms with E-state index in [4.69, 9.17) is 13.8 Å². The first-order valence-corrected chi connectivity index (χ1v) is 18.0. The minimum atomic E-state index is -0.283. The highest BCUT2D eigenvalue weighted by molar-refractivity contribution is 7.26. The number of furan rings is 2. The highest BCUT2D eigenvalue weighted by Crippen LogP contribution is 2.43. The van der Waals surface area contributed by atoms with Gasteiger partial charge in [0, 0.05) is 58.4 Å². The average Bonchev–Trinajstić information content (AvgIpc) is 3.89. The summed E-state index contributed by atoms with van der Waals surface area (Å²) < 4.78 is 15.4. The Bertz CT molecular complexity index is 3010. The molecule has 3 aromatic heterocycles. The Hall–Kier alpha value is -6.21. The molecule has 5 nitrogen and oxygen atoms in total. The highest BCUT2D eigenvalue weighted by Gasteiger charge is 2.27. The van der Waals surface area contributed by atoms with Crippen molar-refractivity contribution in [1.82, 2.24) is 10.6 Å². The van der Waals surface area contributed by atoms with Crippen LogP contribution in [0, 0.1) is 0 Å². The normalized spacial score (nSPS) is 16.4. The number of nitrogens with zero attached hydrogens (tertiary/aromatic N) is 1. The molecule has 0 fully saturated rings. The molecular formula is C45H29N3O2S. The molecule has 0 aliphatic carbocycles. The lowest BCUT2D eigenvalue weighted by molar-refractivity contribution is 0.409. The molecule has 0 spiro atoms. The maximum atomic E-state index is 6.68. The first-order valence-electron chi connectivity index (χ1n) is 17.2. The zero-order chi connectivity index (χ0) is 33.5. The van der Waals surface area contributed by atoms with Gasteiger partial charge in [-0.05, 0) is 53.6 Å². The Labute approximate surface area is 296 Å². The standard InChI is InChI=1S/C45H29N3O2S/c1-2-10-26(11-3-1)43-46-44(27-20-22-38-35(24-27)29-12-4-6-18-37(29)49-38)48-45(47-43)28-21-23-39-36(25-28)32-15-8-14-31(41(32)50-39)34-17-9-16-33-30-13-5-7-19-40(30)51-42(33)34/h1-25,43-44,46H,(H,47,48). The van der Waals surface area contributed by atoms with Crippen LogP contribution in [-0.4, -0.2) is 5.84 Å². The van der Waals surface area contributed by atoms with Crippen molar-refractivity contribution in [2.75, 3.05) is 0 Å². The molecule has 11 rings (SSSR count). The van der Waals surface area contributed by atoms with Crippen molar-refractivity contribution in [2.45, 2.75) is 12.3 Å². The largest absolute Gasteiger partial charge is 0.456 e. The van der Waals surface area contributed by atoms with E-state index in [0.717, 1.165) is 72.0 Å². The number of fused-ring (bicyclic) bond motifs is 9.